The van der Waals surface area contributed by atoms with Crippen molar-refractivity contribution in [1.29, 1.82) is 0 Å². The number of aliphatic hydroxyl groups is 3. The molecule has 0 unspecified atom stereocenters. The van der Waals surface area contributed by atoms with Crippen molar-refractivity contribution in [3.05, 3.63) is 59.2 Å². The van der Waals surface area contributed by atoms with Crippen molar-refractivity contribution in [3.8, 4) is 0 Å². The Morgan fingerprint density at radius 3 is 2.47 bits per heavy atom. The van der Waals surface area contributed by atoms with Gasteiger partial charge in [-0.2, -0.15) is 0 Å². The fourth-order valence-corrected chi connectivity index (χ4v) is 7.60. The number of esters is 1. The number of carbonyl (C=O) groups is 2. The van der Waals surface area contributed by atoms with E-state index in [2.05, 4.69) is 13.8 Å². The van der Waals surface area contributed by atoms with E-state index in [1.165, 1.54) is 0 Å². The summed E-state index contributed by atoms with van der Waals surface area (Å²) in [7, 11) is 0. The highest BCUT2D eigenvalue weighted by molar-refractivity contribution is 6.04. The summed E-state index contributed by atoms with van der Waals surface area (Å²) in [5.74, 6) is -2.52. The van der Waals surface area contributed by atoms with E-state index in [-0.39, 0.29) is 43.0 Å². The van der Waals surface area contributed by atoms with Crippen molar-refractivity contribution in [2.24, 2.45) is 29.1 Å². The summed E-state index contributed by atoms with van der Waals surface area (Å²) in [6.07, 6.45) is 4.16. The molecule has 0 radical (unpaired) electrons. The summed E-state index contributed by atoms with van der Waals surface area (Å²) >= 11 is 0. The number of hydrogen-bond acceptors (Lipinski definition) is 6. The van der Waals surface area contributed by atoms with E-state index in [1.807, 2.05) is 43.3 Å². The molecule has 4 aliphatic rings. The predicted molar refractivity (Wildman–Crippen MR) is 125 cm³/mol. The average Bonchev–Trinajstić information content (AvgIpc) is 3.18. The van der Waals surface area contributed by atoms with Gasteiger partial charge < -0.3 is 20.1 Å². The Balaban J connectivity index is 1.54. The van der Waals surface area contributed by atoms with Gasteiger partial charge >= 0.3 is 5.97 Å². The third-order valence-corrected chi connectivity index (χ3v) is 9.36. The summed E-state index contributed by atoms with van der Waals surface area (Å²) in [6, 6.07) is 9.47. The van der Waals surface area contributed by atoms with Gasteiger partial charge in [0.2, 0.25) is 0 Å². The molecule has 3 N–H and O–H groups in total. The number of aliphatic hydroxyl groups excluding tert-OH is 1. The topological polar surface area (TPSA) is 104 Å². The quantitative estimate of drug-likeness (QED) is 0.466. The zero-order chi connectivity index (χ0) is 24.7. The van der Waals surface area contributed by atoms with Crippen LogP contribution in [0.5, 0.6) is 0 Å². The molecule has 7 atom stereocenters. The zero-order valence-electron chi connectivity index (χ0n) is 20.2. The van der Waals surface area contributed by atoms with E-state index in [9.17, 15) is 24.9 Å². The van der Waals surface area contributed by atoms with Crippen molar-refractivity contribution in [2.75, 3.05) is 6.61 Å². The van der Waals surface area contributed by atoms with Crippen LogP contribution in [0.1, 0.15) is 46.1 Å². The van der Waals surface area contributed by atoms with Crippen molar-refractivity contribution in [2.45, 2.75) is 63.8 Å². The lowest BCUT2D eigenvalue weighted by atomic mass is 9.60. The van der Waals surface area contributed by atoms with E-state index < -0.39 is 34.1 Å². The standard InChI is InChI=1S/C28H34O6/c1-16-10-21-26(32,24(16)31)14-19(15-29)11-20-23-25(3,4)27(23,13-17(2)28(20,21)33)34-22(30)12-18-8-6-5-7-9-18/h5-11,17,20-21,23,29,32-33H,12-15H2,1-4H3/t17-,20+,21-,23-,26+,27+,28+/m1/s1. The van der Waals surface area contributed by atoms with Crippen LogP contribution >= 0.6 is 0 Å². The molecule has 1 aromatic carbocycles. The Morgan fingerprint density at radius 2 is 1.82 bits per heavy atom. The first-order valence-corrected chi connectivity index (χ1v) is 12.2. The number of benzene rings is 1. The summed E-state index contributed by atoms with van der Waals surface area (Å²) in [5, 5.41) is 33.9. The molecule has 2 fully saturated rings. The Labute approximate surface area is 200 Å². The Hall–Kier alpha value is -2.28. The highest BCUT2D eigenvalue weighted by atomic mass is 16.6. The largest absolute Gasteiger partial charge is 0.458 e. The molecule has 2 saturated carbocycles. The summed E-state index contributed by atoms with van der Waals surface area (Å²) in [5.41, 5.74) is -2.50. The Bertz CT molecular complexity index is 1100. The van der Waals surface area contributed by atoms with Crippen LogP contribution in [0.25, 0.3) is 0 Å². The Morgan fingerprint density at radius 1 is 1.15 bits per heavy atom. The fourth-order valence-electron chi connectivity index (χ4n) is 7.60. The van der Waals surface area contributed by atoms with Crippen molar-refractivity contribution < 1.29 is 29.6 Å². The number of carbonyl (C=O) groups excluding carboxylic acids is 2. The third-order valence-electron chi connectivity index (χ3n) is 9.36. The average molecular weight is 467 g/mol. The maximum atomic E-state index is 13.0. The molecule has 1 aromatic rings. The van der Waals surface area contributed by atoms with E-state index >= 15 is 0 Å². The van der Waals surface area contributed by atoms with Gasteiger partial charge in [-0.05, 0) is 36.0 Å². The molecule has 6 heteroatoms. The number of ether oxygens (including phenoxy) is 1. The number of fused-ring (bicyclic) bond motifs is 5. The van der Waals surface area contributed by atoms with Gasteiger partial charge in [0.1, 0.15) is 11.2 Å². The summed E-state index contributed by atoms with van der Waals surface area (Å²) in [6.45, 7) is 7.37. The summed E-state index contributed by atoms with van der Waals surface area (Å²) < 4.78 is 6.24. The second kappa shape index (κ2) is 7.36. The lowest BCUT2D eigenvalue weighted by Crippen LogP contribution is -2.61. The molecule has 6 nitrogen and oxygen atoms in total. The van der Waals surface area contributed by atoms with Crippen molar-refractivity contribution >= 4 is 11.8 Å². The molecule has 0 aromatic heterocycles. The molecule has 0 amide bonds. The molecule has 5 rings (SSSR count). The van der Waals surface area contributed by atoms with Gasteiger partial charge in [-0.25, -0.2) is 0 Å². The number of hydrogen-bond donors (Lipinski definition) is 3. The molecule has 0 spiro atoms. The van der Waals surface area contributed by atoms with Crippen LogP contribution in [0.15, 0.2) is 53.6 Å². The van der Waals surface area contributed by atoms with Crippen molar-refractivity contribution in [1.82, 2.24) is 0 Å². The van der Waals surface area contributed by atoms with Gasteiger partial charge in [0.05, 0.1) is 18.6 Å². The van der Waals surface area contributed by atoms with Gasteiger partial charge in [-0.15, -0.1) is 0 Å². The fraction of sp³-hybridized carbons (Fsp3) is 0.571. The smallest absolute Gasteiger partial charge is 0.310 e. The van der Waals surface area contributed by atoms with Crippen LogP contribution in [0.3, 0.4) is 0 Å². The molecular weight excluding hydrogens is 432 g/mol. The van der Waals surface area contributed by atoms with Crippen LogP contribution in [0.4, 0.5) is 0 Å². The minimum atomic E-state index is -1.78. The van der Waals surface area contributed by atoms with Crippen LogP contribution in [0.2, 0.25) is 0 Å². The first kappa shape index (κ1) is 23.5. The normalized spacial score (nSPS) is 41.9. The first-order chi connectivity index (χ1) is 15.9. The molecule has 34 heavy (non-hydrogen) atoms. The second-order valence-electron chi connectivity index (χ2n) is 11.5. The van der Waals surface area contributed by atoms with Gasteiger partial charge in [0.25, 0.3) is 0 Å². The molecule has 0 saturated heterocycles. The van der Waals surface area contributed by atoms with Crippen molar-refractivity contribution in [3.63, 3.8) is 0 Å². The van der Waals surface area contributed by atoms with Gasteiger partial charge in [0.15, 0.2) is 5.78 Å². The molecule has 182 valence electrons. The number of ketones is 1. The summed E-state index contributed by atoms with van der Waals surface area (Å²) in [4.78, 5) is 26.0. The lowest BCUT2D eigenvalue weighted by molar-refractivity contribution is -0.186. The molecular formula is C28H34O6. The van der Waals surface area contributed by atoms with Crippen LogP contribution in [-0.2, 0) is 20.7 Å². The van der Waals surface area contributed by atoms with E-state index in [4.69, 9.17) is 4.74 Å². The predicted octanol–water partition coefficient (Wildman–Crippen LogP) is 2.75. The highest BCUT2D eigenvalue weighted by Gasteiger charge is 2.83. The molecule has 0 aliphatic heterocycles. The molecule has 0 bridgehead atoms. The Kier molecular flexibility index (Phi) is 5.08. The van der Waals surface area contributed by atoms with Gasteiger partial charge in [-0.1, -0.05) is 63.3 Å². The van der Waals surface area contributed by atoms with E-state index in [0.717, 1.165) is 5.56 Å². The van der Waals surface area contributed by atoms with Crippen LogP contribution < -0.4 is 0 Å². The highest BCUT2D eigenvalue weighted by Crippen LogP contribution is 2.76. The third kappa shape index (κ3) is 2.91. The number of rotatable bonds is 4. The minimum absolute atomic E-state index is 0.0136. The van der Waals surface area contributed by atoms with Gasteiger partial charge in [0, 0.05) is 29.6 Å². The number of Topliss-reactive ketones (excluding diaryl/α,β-unsaturated/α-hetero) is 1. The molecule has 4 aliphatic carbocycles. The zero-order valence-corrected chi connectivity index (χ0v) is 20.2. The second-order valence-corrected chi connectivity index (χ2v) is 11.5. The van der Waals surface area contributed by atoms with E-state index in [1.54, 1.807) is 13.0 Å². The monoisotopic (exact) mass is 466 g/mol. The van der Waals surface area contributed by atoms with Crippen LogP contribution in [0, 0.1) is 29.1 Å². The lowest BCUT2D eigenvalue weighted by Gasteiger charge is -2.50. The van der Waals surface area contributed by atoms with Crippen LogP contribution in [-0.4, -0.2) is 50.5 Å². The van der Waals surface area contributed by atoms with E-state index in [0.29, 0.717) is 17.6 Å². The maximum Gasteiger partial charge on any atom is 0.310 e. The maximum absolute atomic E-state index is 13.0. The minimum Gasteiger partial charge on any atom is -0.458 e. The first-order valence-electron chi connectivity index (χ1n) is 12.2. The van der Waals surface area contributed by atoms with Gasteiger partial charge in [-0.3, -0.25) is 9.59 Å². The molecule has 0 heterocycles. The SMILES string of the molecule is CC1=C[C@H]2[C@]3(O)[C@H](C)C[C@]4(OC(=O)Cc5ccccc5)[C@H]([C@@H]3C=C(CO)C[C@@]2(O)C1=O)C4(C)C.